The molecule has 1 aliphatic heterocycles. The van der Waals surface area contributed by atoms with E-state index in [0.717, 1.165) is 11.1 Å². The summed E-state index contributed by atoms with van der Waals surface area (Å²) in [5.41, 5.74) is 1.16. The molecule has 1 atom stereocenters. The number of carbonyl (C=O) groups is 1. The van der Waals surface area contributed by atoms with Gasteiger partial charge in [0.15, 0.2) is 0 Å². The molecule has 3 heteroatoms. The van der Waals surface area contributed by atoms with Crippen LogP contribution in [0.15, 0.2) is 73.3 Å². The molecule has 2 aromatic rings. The van der Waals surface area contributed by atoms with Crippen LogP contribution in [0.5, 0.6) is 0 Å². The molecule has 1 fully saturated rings. The third-order valence-electron chi connectivity index (χ3n) is 4.45. The summed E-state index contributed by atoms with van der Waals surface area (Å²) >= 11 is 0. The summed E-state index contributed by atoms with van der Waals surface area (Å²) in [4.78, 5) is 18.5. The minimum atomic E-state index is -0.777. The number of amides is 1. The lowest BCUT2D eigenvalue weighted by Crippen LogP contribution is -2.41. The van der Waals surface area contributed by atoms with Crippen LogP contribution in [0.1, 0.15) is 11.1 Å². The van der Waals surface area contributed by atoms with Crippen molar-refractivity contribution in [2.45, 2.75) is 5.41 Å². The van der Waals surface area contributed by atoms with Crippen molar-refractivity contribution in [3.8, 4) is 0 Å². The number of nitrogens with zero attached hydrogens (tertiary/aromatic N) is 1. The Morgan fingerprint density at radius 3 is 2.00 bits per heavy atom. The van der Waals surface area contributed by atoms with Crippen LogP contribution < -0.4 is 0 Å². The van der Waals surface area contributed by atoms with E-state index in [1.54, 1.807) is 0 Å². The minimum Gasteiger partial charge on any atom is -0.274 e. The first-order valence-corrected chi connectivity index (χ1v) is 7.34. The van der Waals surface area contributed by atoms with Crippen LogP contribution in [0.2, 0.25) is 0 Å². The standard InChI is InChI=1S/C19H19NO2/c1-3-15-14-20(22-2)18(21)19(15,16-10-6-4-7-11-16)17-12-8-5-9-13-17/h3-13,15H,1,14H2,2H3. The molecule has 0 N–H and O–H groups in total. The SMILES string of the molecule is C=CC1CN(OC)C(=O)C1(c1ccccc1)c1ccccc1. The Hall–Kier alpha value is -2.39. The van der Waals surface area contributed by atoms with Crippen LogP contribution in [-0.4, -0.2) is 24.6 Å². The summed E-state index contributed by atoms with van der Waals surface area (Å²) in [7, 11) is 1.53. The zero-order valence-electron chi connectivity index (χ0n) is 12.6. The van der Waals surface area contributed by atoms with Crippen LogP contribution >= 0.6 is 0 Å². The molecule has 112 valence electrons. The number of hydroxylamine groups is 2. The van der Waals surface area contributed by atoms with Gasteiger partial charge in [-0.25, -0.2) is 5.06 Å². The van der Waals surface area contributed by atoms with Crippen molar-refractivity contribution in [2.24, 2.45) is 5.92 Å². The smallest absolute Gasteiger partial charge is 0.261 e. The molecule has 0 saturated carbocycles. The van der Waals surface area contributed by atoms with E-state index in [4.69, 9.17) is 4.84 Å². The second-order valence-electron chi connectivity index (χ2n) is 5.43. The third kappa shape index (κ3) is 1.97. The highest BCUT2D eigenvalue weighted by Crippen LogP contribution is 2.46. The van der Waals surface area contributed by atoms with Gasteiger partial charge in [0.05, 0.1) is 13.7 Å². The highest BCUT2D eigenvalue weighted by Gasteiger charge is 2.55. The van der Waals surface area contributed by atoms with Gasteiger partial charge in [-0.3, -0.25) is 9.63 Å². The van der Waals surface area contributed by atoms with Crippen LogP contribution in [0.4, 0.5) is 0 Å². The van der Waals surface area contributed by atoms with E-state index in [0.29, 0.717) is 6.54 Å². The molecule has 1 heterocycles. The zero-order valence-corrected chi connectivity index (χ0v) is 12.6. The molecular weight excluding hydrogens is 274 g/mol. The number of hydrogen-bond donors (Lipinski definition) is 0. The monoisotopic (exact) mass is 293 g/mol. The Morgan fingerprint density at radius 1 is 1.09 bits per heavy atom. The first kappa shape index (κ1) is 14.5. The summed E-state index contributed by atoms with van der Waals surface area (Å²) in [6.07, 6.45) is 1.86. The van der Waals surface area contributed by atoms with Crippen molar-refractivity contribution in [3.05, 3.63) is 84.4 Å². The molecule has 1 amide bonds. The molecule has 22 heavy (non-hydrogen) atoms. The Kier molecular flexibility index (Phi) is 3.82. The van der Waals surface area contributed by atoms with E-state index in [2.05, 4.69) is 6.58 Å². The van der Waals surface area contributed by atoms with Crippen molar-refractivity contribution in [1.82, 2.24) is 5.06 Å². The summed E-state index contributed by atoms with van der Waals surface area (Å²) in [5, 5.41) is 1.44. The number of hydrogen-bond acceptors (Lipinski definition) is 2. The van der Waals surface area contributed by atoms with Crippen molar-refractivity contribution in [3.63, 3.8) is 0 Å². The molecule has 0 aromatic heterocycles. The van der Waals surface area contributed by atoms with Gasteiger partial charge in [-0.1, -0.05) is 66.7 Å². The predicted octanol–water partition coefficient (Wildman–Crippen LogP) is 3.18. The highest BCUT2D eigenvalue weighted by atomic mass is 16.7. The van der Waals surface area contributed by atoms with Crippen LogP contribution in [0.3, 0.4) is 0 Å². The topological polar surface area (TPSA) is 29.5 Å². The molecule has 0 spiro atoms. The van der Waals surface area contributed by atoms with E-state index in [-0.39, 0.29) is 11.8 Å². The Labute approximate surface area is 130 Å². The number of benzene rings is 2. The summed E-state index contributed by atoms with van der Waals surface area (Å²) in [5.74, 6) is -0.0953. The van der Waals surface area contributed by atoms with Crippen molar-refractivity contribution in [2.75, 3.05) is 13.7 Å². The van der Waals surface area contributed by atoms with Gasteiger partial charge >= 0.3 is 0 Å². The maximum absolute atomic E-state index is 13.2. The molecule has 1 aliphatic rings. The number of carbonyl (C=O) groups excluding carboxylic acids is 1. The van der Waals surface area contributed by atoms with Crippen molar-refractivity contribution < 1.29 is 9.63 Å². The van der Waals surface area contributed by atoms with Gasteiger partial charge in [0, 0.05) is 5.92 Å². The Morgan fingerprint density at radius 2 is 1.59 bits per heavy atom. The fraction of sp³-hybridized carbons (Fsp3) is 0.211. The quantitative estimate of drug-likeness (QED) is 0.810. The summed E-state index contributed by atoms with van der Waals surface area (Å²) in [6.45, 7) is 4.46. The van der Waals surface area contributed by atoms with Gasteiger partial charge in [-0.2, -0.15) is 0 Å². The number of rotatable bonds is 4. The normalized spacial score (nSPS) is 20.1. The molecular formula is C19H19NO2. The van der Waals surface area contributed by atoms with Crippen LogP contribution in [0, 0.1) is 5.92 Å². The fourth-order valence-electron chi connectivity index (χ4n) is 3.41. The predicted molar refractivity (Wildman–Crippen MR) is 86.1 cm³/mol. The van der Waals surface area contributed by atoms with Crippen molar-refractivity contribution >= 4 is 5.91 Å². The highest BCUT2D eigenvalue weighted by molar-refractivity contribution is 5.94. The molecule has 1 unspecified atom stereocenters. The average Bonchev–Trinajstić information content (AvgIpc) is 2.89. The molecule has 0 aliphatic carbocycles. The van der Waals surface area contributed by atoms with E-state index in [1.165, 1.54) is 12.2 Å². The Bertz CT molecular complexity index is 627. The molecule has 0 radical (unpaired) electrons. The maximum atomic E-state index is 13.2. The average molecular weight is 293 g/mol. The van der Waals surface area contributed by atoms with Crippen LogP contribution in [0.25, 0.3) is 0 Å². The third-order valence-corrected chi connectivity index (χ3v) is 4.45. The lowest BCUT2D eigenvalue weighted by atomic mass is 9.67. The van der Waals surface area contributed by atoms with Crippen molar-refractivity contribution in [1.29, 1.82) is 0 Å². The second-order valence-corrected chi connectivity index (χ2v) is 5.43. The lowest BCUT2D eigenvalue weighted by Gasteiger charge is -2.32. The lowest BCUT2D eigenvalue weighted by molar-refractivity contribution is -0.169. The van der Waals surface area contributed by atoms with E-state index >= 15 is 0 Å². The Balaban J connectivity index is 2.28. The molecule has 2 aromatic carbocycles. The van der Waals surface area contributed by atoms with E-state index in [1.807, 2.05) is 66.7 Å². The van der Waals surface area contributed by atoms with Gasteiger partial charge in [-0.05, 0) is 11.1 Å². The zero-order chi connectivity index (χ0) is 15.6. The molecule has 3 rings (SSSR count). The maximum Gasteiger partial charge on any atom is 0.261 e. The largest absolute Gasteiger partial charge is 0.274 e. The summed E-state index contributed by atoms with van der Waals surface area (Å²) < 4.78 is 0. The fourth-order valence-corrected chi connectivity index (χ4v) is 3.41. The van der Waals surface area contributed by atoms with Gasteiger partial charge < -0.3 is 0 Å². The molecule has 0 bridgehead atoms. The van der Waals surface area contributed by atoms with E-state index < -0.39 is 5.41 Å². The minimum absolute atomic E-state index is 0.0442. The summed E-state index contributed by atoms with van der Waals surface area (Å²) in [6, 6.07) is 19.8. The molecule has 3 nitrogen and oxygen atoms in total. The first-order chi connectivity index (χ1) is 10.7. The van der Waals surface area contributed by atoms with Gasteiger partial charge in [0.25, 0.3) is 5.91 Å². The van der Waals surface area contributed by atoms with E-state index in [9.17, 15) is 4.79 Å². The van der Waals surface area contributed by atoms with Gasteiger partial charge in [0.1, 0.15) is 5.41 Å². The van der Waals surface area contributed by atoms with Crippen LogP contribution in [-0.2, 0) is 15.0 Å². The van der Waals surface area contributed by atoms with Gasteiger partial charge in [0.2, 0.25) is 0 Å². The van der Waals surface area contributed by atoms with Gasteiger partial charge in [-0.15, -0.1) is 6.58 Å². The molecule has 1 saturated heterocycles. The second kappa shape index (κ2) is 5.78. The first-order valence-electron chi connectivity index (χ1n) is 7.34.